The Balaban J connectivity index is 1.87. The van der Waals surface area contributed by atoms with Crippen molar-refractivity contribution in [1.29, 1.82) is 0 Å². The van der Waals surface area contributed by atoms with E-state index in [-0.39, 0.29) is 12.0 Å². The van der Waals surface area contributed by atoms with E-state index in [4.69, 9.17) is 4.52 Å². The van der Waals surface area contributed by atoms with Gasteiger partial charge in [0.25, 0.3) is 0 Å². The standard InChI is InChI=1S/C12H13BrN8O/c1-6(2)8(18-9-7(13)3-14-4-15-9)12-19-11(21-22-12)10-16-5-17-20-10/h3-6,8H,1-2H3,(H,14,15,18)(H,16,17,20). The molecule has 1 unspecified atom stereocenters. The Bertz CT molecular complexity index is 741. The molecular formula is C12H13BrN8O. The zero-order chi connectivity index (χ0) is 15.5. The van der Waals surface area contributed by atoms with E-state index >= 15 is 0 Å². The normalized spacial score (nSPS) is 12.5. The van der Waals surface area contributed by atoms with E-state index in [0.29, 0.717) is 23.4 Å². The van der Waals surface area contributed by atoms with Crippen molar-refractivity contribution in [3.63, 3.8) is 0 Å². The maximum atomic E-state index is 5.35. The molecule has 1 atom stereocenters. The summed E-state index contributed by atoms with van der Waals surface area (Å²) < 4.78 is 6.11. The summed E-state index contributed by atoms with van der Waals surface area (Å²) in [5, 5.41) is 13.7. The van der Waals surface area contributed by atoms with Gasteiger partial charge in [-0.1, -0.05) is 19.0 Å². The van der Waals surface area contributed by atoms with Gasteiger partial charge in [0.15, 0.2) is 5.82 Å². The first-order valence-electron chi connectivity index (χ1n) is 6.56. The Morgan fingerprint density at radius 1 is 1.27 bits per heavy atom. The average Bonchev–Trinajstić information content (AvgIpc) is 3.17. The largest absolute Gasteiger partial charge is 0.357 e. The molecule has 9 nitrogen and oxygen atoms in total. The van der Waals surface area contributed by atoms with Crippen molar-refractivity contribution >= 4 is 21.7 Å². The Hall–Kier alpha value is -2.36. The van der Waals surface area contributed by atoms with Gasteiger partial charge < -0.3 is 9.84 Å². The molecule has 3 heterocycles. The fraction of sp³-hybridized carbons (Fsp3) is 0.333. The molecule has 3 rings (SSSR count). The van der Waals surface area contributed by atoms with Gasteiger partial charge in [-0.15, -0.1) is 0 Å². The molecule has 22 heavy (non-hydrogen) atoms. The van der Waals surface area contributed by atoms with Gasteiger partial charge in [-0.25, -0.2) is 15.0 Å². The molecule has 0 fully saturated rings. The Morgan fingerprint density at radius 3 is 2.82 bits per heavy atom. The Kier molecular flexibility index (Phi) is 4.09. The van der Waals surface area contributed by atoms with Crippen molar-refractivity contribution in [3.8, 4) is 11.6 Å². The van der Waals surface area contributed by atoms with Gasteiger partial charge in [0.2, 0.25) is 11.7 Å². The monoisotopic (exact) mass is 364 g/mol. The molecule has 0 aliphatic carbocycles. The number of halogens is 1. The SMILES string of the molecule is CC(C)C(Nc1ncncc1Br)c1nc(-c2ncn[nH]2)no1. The lowest BCUT2D eigenvalue weighted by Crippen LogP contribution is -2.18. The van der Waals surface area contributed by atoms with Crippen LogP contribution in [0.3, 0.4) is 0 Å². The number of aromatic nitrogens is 7. The molecule has 3 aromatic heterocycles. The smallest absolute Gasteiger partial charge is 0.249 e. The first-order valence-corrected chi connectivity index (χ1v) is 7.36. The Labute approximate surface area is 134 Å². The predicted molar refractivity (Wildman–Crippen MR) is 80.6 cm³/mol. The summed E-state index contributed by atoms with van der Waals surface area (Å²) in [6.45, 7) is 4.09. The zero-order valence-corrected chi connectivity index (χ0v) is 13.4. The van der Waals surface area contributed by atoms with Gasteiger partial charge in [-0.05, 0) is 21.8 Å². The maximum absolute atomic E-state index is 5.35. The Morgan fingerprint density at radius 2 is 2.14 bits per heavy atom. The van der Waals surface area contributed by atoms with Crippen molar-refractivity contribution in [2.24, 2.45) is 5.92 Å². The van der Waals surface area contributed by atoms with E-state index in [9.17, 15) is 0 Å². The van der Waals surface area contributed by atoms with Crippen LogP contribution in [-0.4, -0.2) is 35.3 Å². The number of rotatable bonds is 5. The highest BCUT2D eigenvalue weighted by Crippen LogP contribution is 2.28. The number of nitrogens with zero attached hydrogens (tertiary/aromatic N) is 6. The third-order valence-electron chi connectivity index (χ3n) is 2.96. The topological polar surface area (TPSA) is 118 Å². The lowest BCUT2D eigenvalue weighted by Gasteiger charge is -2.19. The number of H-pyrrole nitrogens is 1. The summed E-state index contributed by atoms with van der Waals surface area (Å²) in [7, 11) is 0. The first-order chi connectivity index (χ1) is 10.6. The molecular weight excluding hydrogens is 352 g/mol. The summed E-state index contributed by atoms with van der Waals surface area (Å²) in [6.07, 6.45) is 4.53. The van der Waals surface area contributed by atoms with Crippen LogP contribution in [0.4, 0.5) is 5.82 Å². The zero-order valence-electron chi connectivity index (χ0n) is 11.9. The van der Waals surface area contributed by atoms with Gasteiger partial charge in [-0.3, -0.25) is 5.10 Å². The molecule has 0 saturated heterocycles. The second-order valence-corrected chi connectivity index (χ2v) is 5.73. The summed E-state index contributed by atoms with van der Waals surface area (Å²) >= 11 is 3.41. The van der Waals surface area contributed by atoms with Crippen LogP contribution in [-0.2, 0) is 0 Å². The molecule has 0 bridgehead atoms. The molecule has 0 aromatic carbocycles. The van der Waals surface area contributed by atoms with Gasteiger partial charge in [0.05, 0.1) is 4.47 Å². The van der Waals surface area contributed by atoms with Crippen molar-refractivity contribution in [2.45, 2.75) is 19.9 Å². The number of nitrogens with one attached hydrogen (secondary N) is 2. The first kappa shape index (κ1) is 14.6. The molecule has 3 aromatic rings. The minimum Gasteiger partial charge on any atom is -0.357 e. The summed E-state index contributed by atoms with van der Waals surface area (Å²) in [6, 6.07) is -0.199. The highest BCUT2D eigenvalue weighted by atomic mass is 79.9. The average molecular weight is 365 g/mol. The molecule has 0 aliphatic rings. The van der Waals surface area contributed by atoms with Crippen LogP contribution in [0.2, 0.25) is 0 Å². The summed E-state index contributed by atoms with van der Waals surface area (Å²) in [5.74, 6) is 2.13. The highest BCUT2D eigenvalue weighted by Gasteiger charge is 2.24. The molecule has 0 radical (unpaired) electrons. The lowest BCUT2D eigenvalue weighted by molar-refractivity contribution is 0.335. The van der Waals surface area contributed by atoms with Crippen LogP contribution < -0.4 is 5.32 Å². The van der Waals surface area contributed by atoms with Crippen molar-refractivity contribution in [1.82, 2.24) is 35.3 Å². The van der Waals surface area contributed by atoms with Crippen molar-refractivity contribution < 1.29 is 4.52 Å². The second kappa shape index (κ2) is 6.18. The van der Waals surface area contributed by atoms with Crippen molar-refractivity contribution in [2.75, 3.05) is 5.32 Å². The van der Waals surface area contributed by atoms with Gasteiger partial charge in [-0.2, -0.15) is 10.1 Å². The summed E-state index contributed by atoms with van der Waals surface area (Å²) in [5.41, 5.74) is 0. The minimum absolute atomic E-state index is 0.199. The van der Waals surface area contributed by atoms with E-state index < -0.39 is 0 Å². The minimum atomic E-state index is -0.199. The number of aromatic amines is 1. The van der Waals surface area contributed by atoms with E-state index in [2.05, 4.69) is 56.5 Å². The van der Waals surface area contributed by atoms with Crippen LogP contribution in [0, 0.1) is 5.92 Å². The third kappa shape index (κ3) is 2.96. The predicted octanol–water partition coefficient (Wildman–Crippen LogP) is 2.22. The van der Waals surface area contributed by atoms with E-state index in [1.54, 1.807) is 6.20 Å². The van der Waals surface area contributed by atoms with Crippen LogP contribution in [0.25, 0.3) is 11.6 Å². The van der Waals surface area contributed by atoms with Crippen molar-refractivity contribution in [3.05, 3.63) is 29.2 Å². The van der Waals surface area contributed by atoms with Crippen LogP contribution in [0.1, 0.15) is 25.8 Å². The van der Waals surface area contributed by atoms with Crippen LogP contribution in [0.5, 0.6) is 0 Å². The molecule has 10 heteroatoms. The fourth-order valence-corrected chi connectivity index (χ4v) is 2.19. The maximum Gasteiger partial charge on any atom is 0.249 e. The number of hydrogen-bond acceptors (Lipinski definition) is 8. The highest BCUT2D eigenvalue weighted by molar-refractivity contribution is 9.10. The second-order valence-electron chi connectivity index (χ2n) is 4.88. The summed E-state index contributed by atoms with van der Waals surface area (Å²) in [4.78, 5) is 16.5. The van der Waals surface area contributed by atoms with E-state index in [1.165, 1.54) is 12.7 Å². The van der Waals surface area contributed by atoms with Gasteiger partial charge >= 0.3 is 0 Å². The lowest BCUT2D eigenvalue weighted by atomic mass is 10.0. The quantitative estimate of drug-likeness (QED) is 0.707. The molecule has 0 spiro atoms. The molecule has 114 valence electrons. The molecule has 2 N–H and O–H groups in total. The van der Waals surface area contributed by atoms with E-state index in [0.717, 1.165) is 4.47 Å². The number of anilines is 1. The molecule has 0 amide bonds. The molecule has 0 saturated carbocycles. The van der Waals surface area contributed by atoms with Gasteiger partial charge in [0.1, 0.15) is 24.5 Å². The van der Waals surface area contributed by atoms with Crippen LogP contribution in [0.15, 0.2) is 27.8 Å². The van der Waals surface area contributed by atoms with Crippen LogP contribution >= 0.6 is 15.9 Å². The van der Waals surface area contributed by atoms with Gasteiger partial charge in [0, 0.05) is 6.20 Å². The molecule has 0 aliphatic heterocycles. The third-order valence-corrected chi connectivity index (χ3v) is 3.54. The number of hydrogen-bond donors (Lipinski definition) is 2. The fourth-order valence-electron chi connectivity index (χ4n) is 1.85. The van der Waals surface area contributed by atoms with E-state index in [1.807, 2.05) is 13.8 Å².